The molecular formula is C12H18N4O2. The van der Waals surface area contributed by atoms with Gasteiger partial charge in [0, 0.05) is 19.5 Å². The Labute approximate surface area is 106 Å². The van der Waals surface area contributed by atoms with Crippen LogP contribution in [0.1, 0.15) is 30.7 Å². The van der Waals surface area contributed by atoms with Crippen molar-refractivity contribution in [2.24, 2.45) is 5.92 Å². The molecule has 1 aliphatic rings. The van der Waals surface area contributed by atoms with Crippen LogP contribution in [0.3, 0.4) is 0 Å². The first-order chi connectivity index (χ1) is 8.56. The molecule has 6 nitrogen and oxygen atoms in total. The van der Waals surface area contributed by atoms with Crippen LogP contribution in [-0.2, 0) is 4.79 Å². The number of carboxylic acid groups (broad SMARTS) is 1. The standard InChI is InChI=1S/C12H18N4O2/c1-8-9(2)14-15-12(13-8)16-5-3-10(4-6-16)7-11(17)18/h10H,3-7H2,1-2H3,(H,17,18). The molecule has 6 heteroatoms. The van der Waals surface area contributed by atoms with E-state index in [0.717, 1.165) is 37.3 Å². The third-order valence-corrected chi connectivity index (χ3v) is 3.44. The predicted molar refractivity (Wildman–Crippen MR) is 66.5 cm³/mol. The maximum atomic E-state index is 10.7. The molecule has 1 fully saturated rings. The van der Waals surface area contributed by atoms with E-state index in [-0.39, 0.29) is 12.3 Å². The SMILES string of the molecule is Cc1nnc(N2CCC(CC(=O)O)CC2)nc1C. The lowest BCUT2D eigenvalue weighted by molar-refractivity contribution is -0.138. The molecule has 98 valence electrons. The van der Waals surface area contributed by atoms with Gasteiger partial charge in [0.05, 0.1) is 11.4 Å². The van der Waals surface area contributed by atoms with Crippen LogP contribution in [0.4, 0.5) is 5.95 Å². The van der Waals surface area contributed by atoms with Crippen molar-refractivity contribution in [2.45, 2.75) is 33.1 Å². The lowest BCUT2D eigenvalue weighted by atomic mass is 9.94. The summed E-state index contributed by atoms with van der Waals surface area (Å²) in [5.74, 6) is 0.225. The fraction of sp³-hybridized carbons (Fsp3) is 0.667. The minimum atomic E-state index is -0.711. The van der Waals surface area contributed by atoms with Gasteiger partial charge in [-0.3, -0.25) is 4.79 Å². The molecular weight excluding hydrogens is 232 g/mol. The molecule has 0 aliphatic carbocycles. The van der Waals surface area contributed by atoms with Gasteiger partial charge in [-0.05, 0) is 32.6 Å². The molecule has 2 rings (SSSR count). The van der Waals surface area contributed by atoms with Crippen LogP contribution in [0.15, 0.2) is 0 Å². The molecule has 18 heavy (non-hydrogen) atoms. The number of piperidine rings is 1. The molecule has 0 amide bonds. The molecule has 2 heterocycles. The highest BCUT2D eigenvalue weighted by Gasteiger charge is 2.23. The summed E-state index contributed by atoms with van der Waals surface area (Å²) in [7, 11) is 0. The highest BCUT2D eigenvalue weighted by atomic mass is 16.4. The van der Waals surface area contributed by atoms with Crippen LogP contribution in [-0.4, -0.2) is 39.3 Å². The van der Waals surface area contributed by atoms with Crippen LogP contribution in [0.2, 0.25) is 0 Å². The van der Waals surface area contributed by atoms with E-state index < -0.39 is 5.97 Å². The fourth-order valence-electron chi connectivity index (χ4n) is 2.16. The van der Waals surface area contributed by atoms with E-state index in [1.54, 1.807) is 0 Å². The zero-order valence-corrected chi connectivity index (χ0v) is 10.8. The van der Waals surface area contributed by atoms with E-state index in [1.165, 1.54) is 0 Å². The molecule has 1 aliphatic heterocycles. The van der Waals surface area contributed by atoms with Gasteiger partial charge in [-0.2, -0.15) is 5.10 Å². The predicted octanol–water partition coefficient (Wildman–Crippen LogP) is 1.18. The van der Waals surface area contributed by atoms with Gasteiger partial charge in [0.1, 0.15) is 0 Å². The van der Waals surface area contributed by atoms with Crippen molar-refractivity contribution < 1.29 is 9.90 Å². The van der Waals surface area contributed by atoms with Crippen LogP contribution in [0.5, 0.6) is 0 Å². The zero-order chi connectivity index (χ0) is 13.1. The third kappa shape index (κ3) is 2.94. The smallest absolute Gasteiger partial charge is 0.303 e. The monoisotopic (exact) mass is 250 g/mol. The summed E-state index contributed by atoms with van der Waals surface area (Å²) in [4.78, 5) is 17.2. The summed E-state index contributed by atoms with van der Waals surface area (Å²) in [6.45, 7) is 5.42. The molecule has 0 aromatic carbocycles. The van der Waals surface area contributed by atoms with Crippen molar-refractivity contribution >= 4 is 11.9 Å². The molecule has 1 N–H and O–H groups in total. The molecule has 0 spiro atoms. The van der Waals surface area contributed by atoms with Gasteiger partial charge in [0.25, 0.3) is 0 Å². The molecule has 1 aromatic rings. The van der Waals surface area contributed by atoms with Gasteiger partial charge in [0.2, 0.25) is 5.95 Å². The van der Waals surface area contributed by atoms with E-state index in [4.69, 9.17) is 5.11 Å². The van der Waals surface area contributed by atoms with Crippen molar-refractivity contribution in [1.29, 1.82) is 0 Å². The van der Waals surface area contributed by atoms with Crippen molar-refractivity contribution in [3.05, 3.63) is 11.4 Å². The fourth-order valence-corrected chi connectivity index (χ4v) is 2.16. The summed E-state index contributed by atoms with van der Waals surface area (Å²) in [6, 6.07) is 0. The lowest BCUT2D eigenvalue weighted by Crippen LogP contribution is -2.35. The second kappa shape index (κ2) is 5.29. The second-order valence-corrected chi connectivity index (χ2v) is 4.81. The second-order valence-electron chi connectivity index (χ2n) is 4.81. The number of carbonyl (C=O) groups is 1. The molecule has 0 saturated carbocycles. The Morgan fingerprint density at radius 3 is 2.50 bits per heavy atom. The molecule has 1 saturated heterocycles. The summed E-state index contributed by atoms with van der Waals surface area (Å²) in [6.07, 6.45) is 2.02. The van der Waals surface area contributed by atoms with Gasteiger partial charge < -0.3 is 10.0 Å². The van der Waals surface area contributed by atoms with E-state index in [1.807, 2.05) is 13.8 Å². The van der Waals surface area contributed by atoms with Gasteiger partial charge >= 0.3 is 5.97 Å². The Bertz CT molecular complexity index is 442. The average molecular weight is 250 g/mol. The molecule has 0 atom stereocenters. The van der Waals surface area contributed by atoms with Crippen LogP contribution in [0, 0.1) is 19.8 Å². The number of carboxylic acids is 1. The Morgan fingerprint density at radius 1 is 1.28 bits per heavy atom. The average Bonchev–Trinajstić information content (AvgIpc) is 2.33. The Kier molecular flexibility index (Phi) is 3.74. The van der Waals surface area contributed by atoms with E-state index in [2.05, 4.69) is 20.1 Å². The number of aromatic nitrogens is 3. The summed E-state index contributed by atoms with van der Waals surface area (Å²) >= 11 is 0. The van der Waals surface area contributed by atoms with Gasteiger partial charge in [-0.15, -0.1) is 5.10 Å². The van der Waals surface area contributed by atoms with Crippen molar-refractivity contribution in [1.82, 2.24) is 15.2 Å². The Morgan fingerprint density at radius 2 is 1.94 bits per heavy atom. The highest BCUT2D eigenvalue weighted by molar-refractivity contribution is 5.67. The number of nitrogens with zero attached hydrogens (tertiary/aromatic N) is 4. The molecule has 1 aromatic heterocycles. The maximum Gasteiger partial charge on any atom is 0.303 e. The van der Waals surface area contributed by atoms with E-state index in [0.29, 0.717) is 5.95 Å². The summed E-state index contributed by atoms with van der Waals surface area (Å²) in [5, 5.41) is 16.9. The number of aryl methyl sites for hydroxylation is 2. The first-order valence-corrected chi connectivity index (χ1v) is 6.21. The quantitative estimate of drug-likeness (QED) is 0.867. The van der Waals surface area contributed by atoms with Gasteiger partial charge in [-0.1, -0.05) is 0 Å². The van der Waals surface area contributed by atoms with Crippen LogP contribution < -0.4 is 4.90 Å². The first kappa shape index (κ1) is 12.7. The zero-order valence-electron chi connectivity index (χ0n) is 10.8. The number of aliphatic carboxylic acids is 1. The third-order valence-electron chi connectivity index (χ3n) is 3.44. The molecule has 0 radical (unpaired) electrons. The van der Waals surface area contributed by atoms with Crippen molar-refractivity contribution in [2.75, 3.05) is 18.0 Å². The normalized spacial score (nSPS) is 16.9. The first-order valence-electron chi connectivity index (χ1n) is 6.21. The number of anilines is 1. The summed E-state index contributed by atoms with van der Waals surface area (Å²) < 4.78 is 0. The lowest BCUT2D eigenvalue weighted by Gasteiger charge is -2.31. The minimum Gasteiger partial charge on any atom is -0.481 e. The largest absolute Gasteiger partial charge is 0.481 e. The number of rotatable bonds is 3. The minimum absolute atomic E-state index is 0.264. The molecule has 0 bridgehead atoms. The van der Waals surface area contributed by atoms with Crippen molar-refractivity contribution in [3.8, 4) is 0 Å². The Hall–Kier alpha value is -1.72. The molecule has 0 unspecified atom stereocenters. The van der Waals surface area contributed by atoms with E-state index >= 15 is 0 Å². The highest BCUT2D eigenvalue weighted by Crippen LogP contribution is 2.22. The van der Waals surface area contributed by atoms with Gasteiger partial charge in [-0.25, -0.2) is 4.98 Å². The van der Waals surface area contributed by atoms with Crippen molar-refractivity contribution in [3.63, 3.8) is 0 Å². The van der Waals surface area contributed by atoms with Crippen LogP contribution >= 0.6 is 0 Å². The van der Waals surface area contributed by atoms with Gasteiger partial charge in [0.15, 0.2) is 0 Å². The summed E-state index contributed by atoms with van der Waals surface area (Å²) in [5.41, 5.74) is 1.74. The van der Waals surface area contributed by atoms with E-state index in [9.17, 15) is 4.79 Å². The topological polar surface area (TPSA) is 79.2 Å². The van der Waals surface area contributed by atoms with Crippen LogP contribution in [0.25, 0.3) is 0 Å². The number of hydrogen-bond donors (Lipinski definition) is 1. The maximum absolute atomic E-state index is 10.7. The number of hydrogen-bond acceptors (Lipinski definition) is 5. The Balaban J connectivity index is 1.96.